The van der Waals surface area contributed by atoms with Gasteiger partial charge in [-0.05, 0) is 0 Å². The zero-order chi connectivity index (χ0) is 16.0. The number of nitrogens with two attached hydrogens (primary N) is 1. The minimum Gasteiger partial charge on any atom is -0.493 e. The molecule has 0 aromatic heterocycles. The monoisotopic (exact) mass is 298 g/mol. The number of nitrogens with one attached hydrogen (secondary N) is 1. The standard InChI is InChI=1S/C13H18N2O6/c1-19-9-4-7(13(17)18)8(5-10(9)20-2)15-12(16)11(6-14)21-3/h4-5,11H,6,14H2,1-3H3,(H,15,16)(H,17,18). The van der Waals surface area contributed by atoms with Gasteiger partial charge in [0.25, 0.3) is 5.91 Å². The summed E-state index contributed by atoms with van der Waals surface area (Å²) in [6.45, 7) is -0.0297. The second-order valence-corrected chi connectivity index (χ2v) is 4.01. The van der Waals surface area contributed by atoms with Gasteiger partial charge in [-0.1, -0.05) is 0 Å². The van der Waals surface area contributed by atoms with Crippen LogP contribution >= 0.6 is 0 Å². The Labute approximate surface area is 121 Å². The maximum Gasteiger partial charge on any atom is 0.337 e. The van der Waals surface area contributed by atoms with E-state index in [-0.39, 0.29) is 23.5 Å². The van der Waals surface area contributed by atoms with Crippen molar-refractivity contribution in [2.24, 2.45) is 5.73 Å². The number of hydrogen-bond donors (Lipinski definition) is 3. The minimum absolute atomic E-state index is 0.0297. The number of carbonyl (C=O) groups is 2. The summed E-state index contributed by atoms with van der Waals surface area (Å²) in [6.07, 6.45) is -0.875. The van der Waals surface area contributed by atoms with Gasteiger partial charge in [0.15, 0.2) is 11.5 Å². The number of carboxylic acids is 1. The molecule has 1 atom stereocenters. The van der Waals surface area contributed by atoms with Crippen LogP contribution in [0, 0.1) is 0 Å². The molecule has 1 aromatic rings. The second-order valence-electron chi connectivity index (χ2n) is 4.01. The van der Waals surface area contributed by atoms with Crippen molar-refractivity contribution in [1.82, 2.24) is 0 Å². The van der Waals surface area contributed by atoms with Crippen LogP contribution in [-0.4, -0.2) is 51.0 Å². The number of methoxy groups -OCH3 is 3. The average Bonchev–Trinajstić information content (AvgIpc) is 2.47. The number of benzene rings is 1. The molecule has 0 aliphatic carbocycles. The number of carboxylic acid groups (broad SMARTS) is 1. The lowest BCUT2D eigenvalue weighted by Crippen LogP contribution is -2.36. The molecule has 0 spiro atoms. The fraction of sp³-hybridized carbons (Fsp3) is 0.385. The normalized spacial score (nSPS) is 11.6. The number of amides is 1. The summed E-state index contributed by atoms with van der Waals surface area (Å²) in [5.74, 6) is -1.22. The van der Waals surface area contributed by atoms with Crippen LogP contribution in [0.15, 0.2) is 12.1 Å². The Bertz CT molecular complexity index is 528. The van der Waals surface area contributed by atoms with Gasteiger partial charge in [0.1, 0.15) is 6.10 Å². The van der Waals surface area contributed by atoms with Crippen LogP contribution in [0.25, 0.3) is 0 Å². The largest absolute Gasteiger partial charge is 0.493 e. The number of ether oxygens (including phenoxy) is 3. The number of hydrogen-bond acceptors (Lipinski definition) is 6. The predicted octanol–water partition coefficient (Wildman–Crippen LogP) is 0.314. The molecule has 0 fully saturated rings. The highest BCUT2D eigenvalue weighted by atomic mass is 16.5. The molecule has 1 unspecified atom stereocenters. The first-order valence-corrected chi connectivity index (χ1v) is 6.01. The van der Waals surface area contributed by atoms with Gasteiger partial charge in [0.05, 0.1) is 25.5 Å². The Morgan fingerprint density at radius 3 is 2.24 bits per heavy atom. The SMILES string of the molecule is COc1cc(NC(=O)C(CN)OC)c(C(=O)O)cc1OC. The molecular formula is C13H18N2O6. The summed E-state index contributed by atoms with van der Waals surface area (Å²) in [5, 5.41) is 11.7. The fourth-order valence-electron chi connectivity index (χ4n) is 1.68. The van der Waals surface area contributed by atoms with Crippen molar-refractivity contribution in [2.45, 2.75) is 6.10 Å². The van der Waals surface area contributed by atoms with E-state index in [4.69, 9.17) is 19.9 Å². The summed E-state index contributed by atoms with van der Waals surface area (Å²) in [4.78, 5) is 23.2. The lowest BCUT2D eigenvalue weighted by molar-refractivity contribution is -0.125. The van der Waals surface area contributed by atoms with Crippen molar-refractivity contribution in [3.05, 3.63) is 17.7 Å². The minimum atomic E-state index is -1.21. The van der Waals surface area contributed by atoms with Crippen LogP contribution in [0.2, 0.25) is 0 Å². The average molecular weight is 298 g/mol. The van der Waals surface area contributed by atoms with Crippen LogP contribution < -0.4 is 20.5 Å². The summed E-state index contributed by atoms with van der Waals surface area (Å²) < 4.78 is 15.0. The molecule has 1 amide bonds. The van der Waals surface area contributed by atoms with Crippen LogP contribution in [0.3, 0.4) is 0 Å². The molecule has 0 saturated carbocycles. The summed E-state index contributed by atoms with van der Waals surface area (Å²) in [6, 6.07) is 2.63. The number of anilines is 1. The third-order valence-corrected chi connectivity index (χ3v) is 2.80. The number of aromatic carboxylic acids is 1. The van der Waals surface area contributed by atoms with Gasteiger partial charge in [-0.15, -0.1) is 0 Å². The van der Waals surface area contributed by atoms with Gasteiger partial charge >= 0.3 is 5.97 Å². The van der Waals surface area contributed by atoms with E-state index < -0.39 is 18.0 Å². The van der Waals surface area contributed by atoms with Crippen molar-refractivity contribution < 1.29 is 28.9 Å². The van der Waals surface area contributed by atoms with Crippen LogP contribution in [0.4, 0.5) is 5.69 Å². The smallest absolute Gasteiger partial charge is 0.337 e. The first kappa shape index (κ1) is 16.7. The topological polar surface area (TPSA) is 120 Å². The summed E-state index contributed by atoms with van der Waals surface area (Å²) in [5.41, 5.74) is 5.33. The molecule has 1 aromatic carbocycles. The van der Waals surface area contributed by atoms with Gasteiger partial charge in [-0.3, -0.25) is 4.79 Å². The van der Waals surface area contributed by atoms with Crippen LogP contribution in [0.1, 0.15) is 10.4 Å². The van der Waals surface area contributed by atoms with Gasteiger partial charge in [0, 0.05) is 25.8 Å². The second kappa shape index (κ2) is 7.46. The maximum atomic E-state index is 11.9. The summed E-state index contributed by atoms with van der Waals surface area (Å²) >= 11 is 0. The van der Waals surface area contributed by atoms with Crippen molar-refractivity contribution in [3.63, 3.8) is 0 Å². The van der Waals surface area contributed by atoms with E-state index in [1.807, 2.05) is 0 Å². The first-order valence-electron chi connectivity index (χ1n) is 6.01. The van der Waals surface area contributed by atoms with Gasteiger partial charge in [0.2, 0.25) is 0 Å². The van der Waals surface area contributed by atoms with Crippen molar-refractivity contribution in [3.8, 4) is 11.5 Å². The van der Waals surface area contributed by atoms with E-state index in [0.717, 1.165) is 0 Å². The predicted molar refractivity (Wildman–Crippen MR) is 75.0 cm³/mol. The Balaban J connectivity index is 3.21. The highest BCUT2D eigenvalue weighted by Crippen LogP contribution is 2.33. The van der Waals surface area contributed by atoms with E-state index in [1.54, 1.807) is 0 Å². The van der Waals surface area contributed by atoms with Crippen LogP contribution in [0.5, 0.6) is 11.5 Å². The van der Waals surface area contributed by atoms with E-state index >= 15 is 0 Å². The Morgan fingerprint density at radius 1 is 1.24 bits per heavy atom. The molecular weight excluding hydrogens is 280 g/mol. The van der Waals surface area contributed by atoms with Gasteiger partial charge in [-0.25, -0.2) is 4.79 Å². The zero-order valence-corrected chi connectivity index (χ0v) is 12.0. The molecule has 0 saturated heterocycles. The Morgan fingerprint density at radius 2 is 1.81 bits per heavy atom. The zero-order valence-electron chi connectivity index (χ0n) is 12.0. The highest BCUT2D eigenvalue weighted by Gasteiger charge is 2.21. The lowest BCUT2D eigenvalue weighted by atomic mass is 10.1. The first-order chi connectivity index (χ1) is 9.98. The molecule has 0 radical (unpaired) electrons. The Hall–Kier alpha value is -2.32. The van der Waals surface area contributed by atoms with Crippen LogP contribution in [-0.2, 0) is 9.53 Å². The van der Waals surface area contributed by atoms with Crippen molar-refractivity contribution in [2.75, 3.05) is 33.2 Å². The molecule has 0 aliphatic rings. The van der Waals surface area contributed by atoms with Crippen molar-refractivity contribution in [1.29, 1.82) is 0 Å². The van der Waals surface area contributed by atoms with E-state index in [9.17, 15) is 14.7 Å². The fourth-order valence-corrected chi connectivity index (χ4v) is 1.68. The van der Waals surface area contributed by atoms with E-state index in [2.05, 4.69) is 5.32 Å². The van der Waals surface area contributed by atoms with Gasteiger partial charge < -0.3 is 30.4 Å². The Kier molecular flexibility index (Phi) is 5.94. The molecule has 1 rings (SSSR count). The van der Waals surface area contributed by atoms with Gasteiger partial charge in [-0.2, -0.15) is 0 Å². The number of carbonyl (C=O) groups excluding carboxylic acids is 1. The van der Waals surface area contributed by atoms with Crippen molar-refractivity contribution >= 4 is 17.6 Å². The molecule has 8 nitrogen and oxygen atoms in total. The van der Waals surface area contributed by atoms with E-state index in [1.165, 1.54) is 33.5 Å². The molecule has 4 N–H and O–H groups in total. The molecule has 0 heterocycles. The molecule has 0 bridgehead atoms. The summed E-state index contributed by atoms with van der Waals surface area (Å²) in [7, 11) is 4.13. The third kappa shape index (κ3) is 3.83. The highest BCUT2D eigenvalue weighted by molar-refractivity contribution is 6.02. The molecule has 0 aliphatic heterocycles. The number of rotatable bonds is 7. The quantitative estimate of drug-likeness (QED) is 0.662. The third-order valence-electron chi connectivity index (χ3n) is 2.80. The molecule has 8 heteroatoms. The lowest BCUT2D eigenvalue weighted by Gasteiger charge is -2.16. The van der Waals surface area contributed by atoms with E-state index in [0.29, 0.717) is 5.75 Å². The molecule has 21 heavy (non-hydrogen) atoms. The maximum absolute atomic E-state index is 11.9. The molecule has 116 valence electrons.